The van der Waals surface area contributed by atoms with Crippen molar-refractivity contribution in [2.24, 2.45) is 0 Å². The second-order valence-electron chi connectivity index (χ2n) is 6.78. The van der Waals surface area contributed by atoms with Crippen molar-refractivity contribution >= 4 is 17.3 Å². The van der Waals surface area contributed by atoms with E-state index >= 15 is 0 Å². The Bertz CT molecular complexity index is 954. The third kappa shape index (κ3) is 5.85. The lowest BCUT2D eigenvalue weighted by Crippen LogP contribution is -2.15. The number of benzene rings is 3. The molecule has 0 saturated carbocycles. The molecule has 0 aliphatic rings. The summed E-state index contributed by atoms with van der Waals surface area (Å²) in [5.74, 6) is -0.373. The summed E-state index contributed by atoms with van der Waals surface area (Å²) >= 11 is 0. The van der Waals surface area contributed by atoms with Crippen LogP contribution >= 0.6 is 0 Å². The number of nitrogens with one attached hydrogen (secondary N) is 2. The van der Waals surface area contributed by atoms with E-state index in [0.29, 0.717) is 11.3 Å². The molecule has 2 N–H and O–H groups in total. The van der Waals surface area contributed by atoms with Crippen LogP contribution < -0.4 is 10.6 Å². The first-order valence-electron chi connectivity index (χ1n) is 9.19. The summed E-state index contributed by atoms with van der Waals surface area (Å²) in [5.41, 5.74) is 2.20. The summed E-state index contributed by atoms with van der Waals surface area (Å²) in [6.45, 7) is 2.06. The molecule has 3 aromatic carbocycles. The number of rotatable bonds is 6. The Kier molecular flexibility index (Phi) is 6.22. The van der Waals surface area contributed by atoms with Gasteiger partial charge in [0.05, 0.1) is 12.0 Å². The highest BCUT2D eigenvalue weighted by atomic mass is 19.4. The number of hydrogen-bond donors (Lipinski definition) is 2. The largest absolute Gasteiger partial charge is 0.416 e. The van der Waals surface area contributed by atoms with Gasteiger partial charge in [-0.15, -0.1) is 0 Å². The maximum atomic E-state index is 12.8. The standard InChI is InChI=1S/C23H21F3N2O/c1-16(18-7-3-2-4-8-18)27-20-10-12-21(13-11-20)28-22(29)15-17-6-5-9-19(14-17)23(24,25)26/h2-14,16,27H,15H2,1H3,(H,28,29). The molecule has 0 aromatic heterocycles. The average Bonchev–Trinajstić information content (AvgIpc) is 2.69. The lowest BCUT2D eigenvalue weighted by Gasteiger charge is -2.16. The van der Waals surface area contributed by atoms with Gasteiger partial charge >= 0.3 is 6.18 Å². The fourth-order valence-electron chi connectivity index (χ4n) is 2.97. The van der Waals surface area contributed by atoms with Crippen molar-refractivity contribution < 1.29 is 18.0 Å². The van der Waals surface area contributed by atoms with E-state index in [9.17, 15) is 18.0 Å². The molecule has 150 valence electrons. The van der Waals surface area contributed by atoms with Gasteiger partial charge in [0.1, 0.15) is 0 Å². The van der Waals surface area contributed by atoms with Crippen LogP contribution in [0.25, 0.3) is 0 Å². The molecule has 3 aromatic rings. The molecule has 0 aliphatic heterocycles. The maximum absolute atomic E-state index is 12.8. The number of amides is 1. The lowest BCUT2D eigenvalue weighted by atomic mass is 10.1. The molecule has 0 radical (unpaired) electrons. The van der Waals surface area contributed by atoms with Crippen molar-refractivity contribution in [3.05, 3.63) is 95.6 Å². The molecular weight excluding hydrogens is 377 g/mol. The Hall–Kier alpha value is -3.28. The van der Waals surface area contributed by atoms with E-state index in [1.54, 1.807) is 12.1 Å². The zero-order valence-corrected chi connectivity index (χ0v) is 15.8. The van der Waals surface area contributed by atoms with Gasteiger partial charge < -0.3 is 10.6 Å². The molecule has 6 heteroatoms. The first-order valence-corrected chi connectivity index (χ1v) is 9.19. The van der Waals surface area contributed by atoms with Crippen LogP contribution in [-0.2, 0) is 17.4 Å². The number of hydrogen-bond acceptors (Lipinski definition) is 2. The molecule has 29 heavy (non-hydrogen) atoms. The van der Waals surface area contributed by atoms with Crippen LogP contribution in [0.4, 0.5) is 24.5 Å². The molecule has 3 rings (SSSR count). The summed E-state index contributed by atoms with van der Waals surface area (Å²) in [4.78, 5) is 12.2. The van der Waals surface area contributed by atoms with Crippen molar-refractivity contribution in [3.8, 4) is 0 Å². The Morgan fingerprint density at radius 1 is 0.897 bits per heavy atom. The van der Waals surface area contributed by atoms with Gasteiger partial charge in [-0.05, 0) is 48.4 Å². The number of carbonyl (C=O) groups is 1. The fraction of sp³-hybridized carbons (Fsp3) is 0.174. The minimum atomic E-state index is -4.42. The van der Waals surface area contributed by atoms with Gasteiger partial charge in [-0.3, -0.25) is 4.79 Å². The second-order valence-corrected chi connectivity index (χ2v) is 6.78. The molecule has 0 spiro atoms. The van der Waals surface area contributed by atoms with Crippen molar-refractivity contribution in [3.63, 3.8) is 0 Å². The second kappa shape index (κ2) is 8.82. The minimum absolute atomic E-state index is 0.123. The van der Waals surface area contributed by atoms with E-state index in [2.05, 4.69) is 17.6 Å². The number of alkyl halides is 3. The molecule has 1 amide bonds. The molecule has 0 bridgehead atoms. The lowest BCUT2D eigenvalue weighted by molar-refractivity contribution is -0.137. The van der Waals surface area contributed by atoms with E-state index in [-0.39, 0.29) is 18.4 Å². The minimum Gasteiger partial charge on any atom is -0.379 e. The van der Waals surface area contributed by atoms with Crippen LogP contribution in [0, 0.1) is 0 Å². The van der Waals surface area contributed by atoms with Gasteiger partial charge in [-0.25, -0.2) is 0 Å². The third-order valence-corrected chi connectivity index (χ3v) is 4.47. The van der Waals surface area contributed by atoms with E-state index in [1.807, 2.05) is 42.5 Å². The van der Waals surface area contributed by atoms with Crippen LogP contribution in [0.2, 0.25) is 0 Å². The molecule has 1 atom stereocenters. The Morgan fingerprint density at radius 3 is 2.21 bits per heavy atom. The van der Waals surface area contributed by atoms with E-state index in [1.165, 1.54) is 12.1 Å². The Balaban J connectivity index is 1.57. The van der Waals surface area contributed by atoms with Crippen LogP contribution in [0.15, 0.2) is 78.9 Å². The Labute approximate surface area is 167 Å². The number of carbonyl (C=O) groups excluding carboxylic acids is 1. The van der Waals surface area contributed by atoms with E-state index in [4.69, 9.17) is 0 Å². The predicted molar refractivity (Wildman–Crippen MR) is 109 cm³/mol. The van der Waals surface area contributed by atoms with Gasteiger partial charge in [0.2, 0.25) is 5.91 Å². The summed E-state index contributed by atoms with van der Waals surface area (Å²) in [6, 6.07) is 22.1. The van der Waals surface area contributed by atoms with Gasteiger partial charge in [-0.1, -0.05) is 48.5 Å². The summed E-state index contributed by atoms with van der Waals surface area (Å²) in [5, 5.41) is 6.09. The number of halogens is 3. The van der Waals surface area contributed by atoms with Crippen LogP contribution in [-0.4, -0.2) is 5.91 Å². The topological polar surface area (TPSA) is 41.1 Å². The van der Waals surface area contributed by atoms with Gasteiger partial charge in [0.15, 0.2) is 0 Å². The smallest absolute Gasteiger partial charge is 0.379 e. The normalized spacial score (nSPS) is 12.3. The highest BCUT2D eigenvalue weighted by Crippen LogP contribution is 2.29. The van der Waals surface area contributed by atoms with Gasteiger partial charge in [-0.2, -0.15) is 13.2 Å². The van der Waals surface area contributed by atoms with Crippen molar-refractivity contribution in [2.45, 2.75) is 25.6 Å². The van der Waals surface area contributed by atoms with E-state index < -0.39 is 11.7 Å². The quantitative estimate of drug-likeness (QED) is 0.530. The molecular formula is C23H21F3N2O. The zero-order chi connectivity index (χ0) is 20.9. The monoisotopic (exact) mass is 398 g/mol. The summed E-state index contributed by atoms with van der Waals surface area (Å²) < 4.78 is 38.3. The average molecular weight is 398 g/mol. The first kappa shape index (κ1) is 20.5. The summed E-state index contributed by atoms with van der Waals surface area (Å²) in [7, 11) is 0. The highest BCUT2D eigenvalue weighted by molar-refractivity contribution is 5.92. The molecule has 1 unspecified atom stereocenters. The molecule has 0 heterocycles. The van der Waals surface area contributed by atoms with Gasteiger partial charge in [0, 0.05) is 17.4 Å². The first-order chi connectivity index (χ1) is 13.8. The van der Waals surface area contributed by atoms with Crippen LogP contribution in [0.3, 0.4) is 0 Å². The SMILES string of the molecule is CC(Nc1ccc(NC(=O)Cc2cccc(C(F)(F)F)c2)cc1)c1ccccc1. The van der Waals surface area contributed by atoms with Crippen LogP contribution in [0.1, 0.15) is 29.7 Å². The maximum Gasteiger partial charge on any atom is 0.416 e. The van der Waals surface area contributed by atoms with Crippen LogP contribution in [0.5, 0.6) is 0 Å². The van der Waals surface area contributed by atoms with Crippen molar-refractivity contribution in [2.75, 3.05) is 10.6 Å². The van der Waals surface area contributed by atoms with E-state index in [0.717, 1.165) is 23.4 Å². The van der Waals surface area contributed by atoms with Crippen molar-refractivity contribution in [1.29, 1.82) is 0 Å². The highest BCUT2D eigenvalue weighted by Gasteiger charge is 2.30. The third-order valence-electron chi connectivity index (χ3n) is 4.47. The van der Waals surface area contributed by atoms with Crippen molar-refractivity contribution in [1.82, 2.24) is 0 Å². The predicted octanol–water partition coefficient (Wildman–Crippen LogP) is 6.06. The number of anilines is 2. The molecule has 0 fully saturated rings. The summed E-state index contributed by atoms with van der Waals surface area (Å²) in [6.07, 6.45) is -4.55. The molecule has 3 nitrogen and oxygen atoms in total. The fourth-order valence-corrected chi connectivity index (χ4v) is 2.97. The zero-order valence-electron chi connectivity index (χ0n) is 15.8. The van der Waals surface area contributed by atoms with Gasteiger partial charge in [0.25, 0.3) is 0 Å². The Morgan fingerprint density at radius 2 is 1.55 bits per heavy atom. The molecule has 0 saturated heterocycles. The molecule has 0 aliphatic carbocycles.